The third kappa shape index (κ3) is 16.1. The molecule has 0 unspecified atom stereocenters. The van der Waals surface area contributed by atoms with Gasteiger partial charge >= 0.3 is 25.7 Å². The normalized spacial score (nSPS) is 10.9. The van der Waals surface area contributed by atoms with E-state index in [1.54, 1.807) is 59.3 Å². The number of aromatic nitrogens is 6. The Hall–Kier alpha value is -5.94. The van der Waals surface area contributed by atoms with Crippen LogP contribution in [-0.2, 0) is 48.1 Å². The summed E-state index contributed by atoms with van der Waals surface area (Å²) >= 11 is 9.05. The number of nitrogens with zero attached hydrogens (tertiary/aromatic N) is 7. The molecule has 0 spiro atoms. The molecular weight excluding hydrogens is 1060 g/mol. The van der Waals surface area contributed by atoms with Crippen molar-refractivity contribution in [2.75, 3.05) is 0 Å². The second-order valence-electron chi connectivity index (χ2n) is 15.3. The molecule has 8 aromatic rings. The number of isothiocyanates is 1. The number of fused-ring (bicyclic) bond motifs is 1. The molecule has 362 valence electrons. The number of rotatable bonds is 20. The van der Waals surface area contributed by atoms with Gasteiger partial charge in [-0.15, -0.1) is 34.0 Å². The summed E-state index contributed by atoms with van der Waals surface area (Å²) < 4.78 is 51.3. The average Bonchev–Trinajstić information content (AvgIpc) is 4.18. The van der Waals surface area contributed by atoms with Gasteiger partial charge in [-0.3, -0.25) is 24.5 Å². The van der Waals surface area contributed by atoms with Crippen LogP contribution in [0.2, 0.25) is 0 Å². The number of pyridine rings is 4. The zero-order chi connectivity index (χ0) is 49.0. The molecule has 8 heterocycles. The van der Waals surface area contributed by atoms with Crippen molar-refractivity contribution in [3.63, 3.8) is 0 Å². The van der Waals surface area contributed by atoms with Crippen LogP contribution in [0.5, 0.6) is 11.5 Å². The first kappa shape index (κ1) is 55.0. The summed E-state index contributed by atoms with van der Waals surface area (Å²) in [7, 11) is 0. The first-order valence-corrected chi connectivity index (χ1v) is 25.0. The molecule has 19 heteroatoms. The largest absolute Gasteiger partial charge is 2.00 e. The number of carbonyl (C=O) groups is 2. The van der Waals surface area contributed by atoms with Crippen molar-refractivity contribution in [3.05, 3.63) is 128 Å². The topological polar surface area (TPSA) is 153 Å². The number of hydrogen-bond donors (Lipinski definition) is 0. The molecule has 0 aliphatic rings. The summed E-state index contributed by atoms with van der Waals surface area (Å²) in [5, 5.41) is 17.6. The molecule has 0 aliphatic carbocycles. The van der Waals surface area contributed by atoms with E-state index in [9.17, 15) is 22.8 Å². The fraction of sp³-hybridized carbons (Fsp3) is 0.255. The predicted molar refractivity (Wildman–Crippen MR) is 273 cm³/mol. The number of thiophene rings is 3. The molecule has 0 radical (unpaired) electrons. The Balaban J connectivity index is 0.000000244. The standard InChI is InChI=1S/C25H31F3N3S.C25H15N3O4S2.CNS.Ru/c1-3-5-7-9-11-19-16-20(23(32-19)12-10-8-6-4-2)18-13-14-29-21(15-18)22-17-24(31-30-22)25(26,27)28;29-14-31-17-4-7-27-21(10-17)23-12-18(32-15-30)11-22(28-23)20-9-16(3-6-26-20)1-2-19-13-25-24(34-19)5-8-33-25;2-1-3;/h13-17H,3-12H2,1-2H3;1-15H;;/q-1;;-1;+2/b;2-1+;;. The SMILES string of the molecule is CCCCCCc1cc(-c2ccnc(-c3cc(C(F)(F)F)n[n-]3)c2)c(CCCCCC)s1.O=COc1ccnc(-c2cc(OC=O)cc(-c3cc(/C=C/c4cc5sccc5s4)ccn3)n2)c1.[N-]=C=S.[Ru+2]. The van der Waals surface area contributed by atoms with Crippen LogP contribution in [0.4, 0.5) is 13.2 Å². The Bertz CT molecular complexity index is 2970. The summed E-state index contributed by atoms with van der Waals surface area (Å²) in [6.45, 7) is 5.11. The Kier molecular flexibility index (Phi) is 22.0. The molecule has 0 aliphatic heterocycles. The number of aryl methyl sites for hydroxylation is 2. The number of ether oxygens (including phenoxy) is 2. The van der Waals surface area contributed by atoms with Crippen LogP contribution >= 0.6 is 46.2 Å². The van der Waals surface area contributed by atoms with Crippen LogP contribution in [0, 0.1) is 0 Å². The Morgan fingerprint density at radius 1 is 0.714 bits per heavy atom. The fourth-order valence-electron chi connectivity index (χ4n) is 7.08. The number of halogens is 3. The second-order valence-corrected chi connectivity index (χ2v) is 18.8. The maximum Gasteiger partial charge on any atom is 2.00 e. The van der Waals surface area contributed by atoms with E-state index in [1.165, 1.54) is 85.9 Å². The third-order valence-electron chi connectivity index (χ3n) is 10.4. The van der Waals surface area contributed by atoms with E-state index in [4.69, 9.17) is 14.9 Å². The second kappa shape index (κ2) is 28.0. The molecule has 11 nitrogen and oxygen atoms in total. The van der Waals surface area contributed by atoms with Crippen LogP contribution in [0.15, 0.2) is 96.8 Å². The van der Waals surface area contributed by atoms with Gasteiger partial charge in [0.15, 0.2) is 0 Å². The van der Waals surface area contributed by atoms with Gasteiger partial charge < -0.3 is 25.1 Å². The molecule has 0 atom stereocenters. The maximum atomic E-state index is 12.9. The van der Waals surface area contributed by atoms with E-state index in [-0.39, 0.29) is 25.2 Å². The van der Waals surface area contributed by atoms with E-state index in [1.807, 2.05) is 41.7 Å². The van der Waals surface area contributed by atoms with Crippen LogP contribution < -0.4 is 14.6 Å². The summed E-state index contributed by atoms with van der Waals surface area (Å²) in [5.74, 6) is 0.615. The first-order valence-electron chi connectivity index (χ1n) is 22.0. The zero-order valence-electron chi connectivity index (χ0n) is 38.0. The molecule has 8 rings (SSSR count). The number of hydrogen-bond acceptors (Lipinski definition) is 13. The molecule has 0 saturated carbocycles. The maximum absolute atomic E-state index is 12.9. The molecule has 0 saturated heterocycles. The molecule has 0 fully saturated rings. The quantitative estimate of drug-likeness (QED) is 0.0236. The molecular formula is C51H46F3N7O4RuS4. The molecule has 70 heavy (non-hydrogen) atoms. The van der Waals surface area contributed by atoms with Gasteiger partial charge in [0.2, 0.25) is 0 Å². The van der Waals surface area contributed by atoms with Gasteiger partial charge in [-0.05, 0) is 108 Å². The minimum absolute atomic E-state index is 0. The van der Waals surface area contributed by atoms with Crippen LogP contribution in [0.3, 0.4) is 0 Å². The van der Waals surface area contributed by atoms with Crippen molar-refractivity contribution >= 4 is 85.9 Å². The van der Waals surface area contributed by atoms with E-state index >= 15 is 0 Å². The van der Waals surface area contributed by atoms with Gasteiger partial charge in [0.05, 0.1) is 22.8 Å². The summed E-state index contributed by atoms with van der Waals surface area (Å²) in [6.07, 6.45) is 16.3. The summed E-state index contributed by atoms with van der Waals surface area (Å²) in [5.41, 5.74) is 4.68. The molecule has 0 aromatic carbocycles. The average molecular weight is 1110 g/mol. The fourth-order valence-corrected chi connectivity index (χ4v) is 10.4. The molecule has 8 aromatic heterocycles. The zero-order valence-corrected chi connectivity index (χ0v) is 43.0. The smallest absolute Gasteiger partial charge is 0.753 e. The minimum Gasteiger partial charge on any atom is -0.753 e. The number of thiocarbonyl (C=S) groups is 1. The monoisotopic (exact) mass is 1110 g/mol. The Morgan fingerprint density at radius 3 is 2.03 bits per heavy atom. The van der Waals surface area contributed by atoms with E-state index in [0.29, 0.717) is 52.9 Å². The minimum atomic E-state index is -4.51. The van der Waals surface area contributed by atoms with Gasteiger partial charge in [-0.2, -0.15) is 18.3 Å². The van der Waals surface area contributed by atoms with Crippen molar-refractivity contribution in [1.82, 2.24) is 30.1 Å². The van der Waals surface area contributed by atoms with Crippen LogP contribution in [0.1, 0.15) is 91.1 Å². The number of carbonyl (C=O) groups excluding carboxylic acids is 2. The van der Waals surface area contributed by atoms with E-state index in [0.717, 1.165) is 36.5 Å². The number of alkyl halides is 3. The molecule has 0 amide bonds. The van der Waals surface area contributed by atoms with Gasteiger partial charge in [0.25, 0.3) is 12.9 Å². The van der Waals surface area contributed by atoms with Crippen molar-refractivity contribution in [2.24, 2.45) is 0 Å². The van der Waals surface area contributed by atoms with Gasteiger partial charge in [-0.1, -0.05) is 76.4 Å². The number of unbranched alkanes of at least 4 members (excludes halogenated alkanes) is 6. The Labute approximate surface area is 434 Å². The van der Waals surface area contributed by atoms with E-state index in [2.05, 4.69) is 85.9 Å². The van der Waals surface area contributed by atoms with Crippen molar-refractivity contribution in [2.45, 2.75) is 84.2 Å². The third-order valence-corrected chi connectivity index (χ3v) is 13.7. The van der Waals surface area contributed by atoms with Crippen LogP contribution in [0.25, 0.3) is 72.3 Å². The van der Waals surface area contributed by atoms with Crippen LogP contribution in [-0.4, -0.2) is 43.1 Å². The summed E-state index contributed by atoms with van der Waals surface area (Å²) in [4.78, 5) is 43.2. The van der Waals surface area contributed by atoms with E-state index < -0.39 is 11.9 Å². The summed E-state index contributed by atoms with van der Waals surface area (Å²) in [6, 6.07) is 21.4. The van der Waals surface area contributed by atoms with Crippen molar-refractivity contribution < 1.29 is 51.7 Å². The predicted octanol–water partition coefficient (Wildman–Crippen LogP) is 14.5. The van der Waals surface area contributed by atoms with Gasteiger partial charge in [-0.25, -0.2) is 4.98 Å². The van der Waals surface area contributed by atoms with Gasteiger partial charge in [0.1, 0.15) is 17.2 Å². The van der Waals surface area contributed by atoms with Gasteiger partial charge in [0, 0.05) is 66.5 Å². The molecule has 0 N–H and O–H groups in total. The molecule has 0 bridgehead atoms. The Morgan fingerprint density at radius 2 is 1.36 bits per heavy atom. The van der Waals surface area contributed by atoms with Crippen molar-refractivity contribution in [1.29, 1.82) is 0 Å². The first-order chi connectivity index (χ1) is 33.5. The van der Waals surface area contributed by atoms with Crippen molar-refractivity contribution in [3.8, 4) is 56.8 Å².